The van der Waals surface area contributed by atoms with Crippen LogP contribution in [-0.2, 0) is 13.1 Å². The van der Waals surface area contributed by atoms with Crippen LogP contribution in [0.3, 0.4) is 0 Å². The van der Waals surface area contributed by atoms with Crippen LogP contribution in [0.25, 0.3) is 11.0 Å². The number of ketones is 2. The van der Waals surface area contributed by atoms with Crippen LogP contribution in [0.5, 0.6) is 0 Å². The number of hydrogen-bond donors (Lipinski definition) is 0. The maximum absolute atomic E-state index is 13.1. The van der Waals surface area contributed by atoms with Crippen molar-refractivity contribution >= 4 is 22.6 Å². The average molecular weight is 398 g/mol. The third kappa shape index (κ3) is 4.01. The molecule has 0 unspecified atom stereocenters. The Kier molecular flexibility index (Phi) is 5.70. The van der Waals surface area contributed by atoms with Crippen LogP contribution in [0.4, 0.5) is 0 Å². The second kappa shape index (κ2) is 8.74. The maximum Gasteiger partial charge on any atom is 0.329 e. The largest absolute Gasteiger partial charge is 0.329 e. The van der Waals surface area contributed by atoms with Crippen LogP contribution >= 0.6 is 0 Å². The minimum atomic E-state index is -0.196. The second-order valence-electron chi connectivity index (χ2n) is 7.15. The Morgan fingerprint density at radius 1 is 0.567 bits per heavy atom. The van der Waals surface area contributed by atoms with Gasteiger partial charge in [0.05, 0.1) is 11.0 Å². The summed E-state index contributed by atoms with van der Waals surface area (Å²) in [5.41, 5.74) is 2.63. The summed E-state index contributed by atoms with van der Waals surface area (Å²) in [4.78, 5) is 38.0. The van der Waals surface area contributed by atoms with Gasteiger partial charge in [-0.25, -0.2) is 4.79 Å². The molecule has 0 amide bonds. The number of para-hydroxylation sites is 2. The van der Waals surface area contributed by atoms with E-state index in [2.05, 4.69) is 0 Å². The fourth-order valence-corrected chi connectivity index (χ4v) is 3.67. The van der Waals surface area contributed by atoms with Gasteiger partial charge in [0.1, 0.15) is 0 Å². The van der Waals surface area contributed by atoms with E-state index in [4.69, 9.17) is 0 Å². The molecule has 0 aliphatic carbocycles. The number of imidazole rings is 1. The highest BCUT2D eigenvalue weighted by molar-refractivity contribution is 5.96. The van der Waals surface area contributed by atoms with Crippen molar-refractivity contribution in [1.29, 1.82) is 0 Å². The van der Waals surface area contributed by atoms with Crippen LogP contribution in [-0.4, -0.2) is 20.7 Å². The van der Waals surface area contributed by atoms with Crippen molar-refractivity contribution in [2.24, 2.45) is 0 Å². The molecule has 4 rings (SSSR count). The number of aryl methyl sites for hydroxylation is 2. The number of benzene rings is 3. The predicted octanol–water partition coefficient (Wildman–Crippen LogP) is 4.35. The van der Waals surface area contributed by atoms with Crippen molar-refractivity contribution in [2.75, 3.05) is 0 Å². The molecule has 0 atom stereocenters. The normalized spacial score (nSPS) is 10.9. The molecule has 0 fully saturated rings. The first-order valence-electron chi connectivity index (χ1n) is 10.00. The van der Waals surface area contributed by atoms with E-state index >= 15 is 0 Å². The van der Waals surface area contributed by atoms with Gasteiger partial charge in [-0.05, 0) is 12.1 Å². The predicted molar refractivity (Wildman–Crippen MR) is 117 cm³/mol. The molecule has 30 heavy (non-hydrogen) atoms. The molecular weight excluding hydrogens is 376 g/mol. The Labute approximate surface area is 174 Å². The lowest BCUT2D eigenvalue weighted by molar-refractivity contribution is 0.0971. The highest BCUT2D eigenvalue weighted by atomic mass is 16.2. The summed E-state index contributed by atoms with van der Waals surface area (Å²) in [7, 11) is 0. The van der Waals surface area contributed by atoms with E-state index in [1.165, 1.54) is 0 Å². The summed E-state index contributed by atoms with van der Waals surface area (Å²) in [6.07, 6.45) is 0.474. The van der Waals surface area contributed by atoms with Gasteiger partial charge in [-0.1, -0.05) is 72.8 Å². The van der Waals surface area contributed by atoms with Crippen molar-refractivity contribution in [3.05, 3.63) is 107 Å². The molecular formula is C25H22N2O3. The van der Waals surface area contributed by atoms with E-state index in [1.807, 2.05) is 60.7 Å². The molecule has 150 valence electrons. The molecule has 5 nitrogen and oxygen atoms in total. The van der Waals surface area contributed by atoms with Crippen LogP contribution < -0.4 is 5.69 Å². The van der Waals surface area contributed by atoms with Gasteiger partial charge in [0.2, 0.25) is 0 Å². The zero-order chi connectivity index (χ0) is 20.9. The number of hydrogen-bond acceptors (Lipinski definition) is 3. The summed E-state index contributed by atoms with van der Waals surface area (Å²) >= 11 is 0. The maximum atomic E-state index is 13.1. The Balaban J connectivity index is 1.56. The molecule has 0 aliphatic heterocycles. The summed E-state index contributed by atoms with van der Waals surface area (Å²) in [5.74, 6) is -0.00262. The first-order chi connectivity index (χ1) is 14.6. The SMILES string of the molecule is O=C(CCn1c(=O)n(CCC(=O)c2ccccc2)c2ccccc21)c1ccccc1. The van der Waals surface area contributed by atoms with Crippen molar-refractivity contribution in [1.82, 2.24) is 9.13 Å². The van der Waals surface area contributed by atoms with Gasteiger partial charge >= 0.3 is 5.69 Å². The van der Waals surface area contributed by atoms with Crippen LogP contribution in [0.15, 0.2) is 89.7 Å². The minimum Gasteiger partial charge on any atom is -0.294 e. The van der Waals surface area contributed by atoms with Crippen molar-refractivity contribution in [3.8, 4) is 0 Å². The van der Waals surface area contributed by atoms with E-state index in [-0.39, 0.29) is 30.1 Å². The molecule has 0 saturated carbocycles. The number of carbonyl (C=O) groups excluding carboxylic acids is 2. The Morgan fingerprint density at radius 3 is 1.33 bits per heavy atom. The van der Waals surface area contributed by atoms with Gasteiger partial charge in [0.15, 0.2) is 11.6 Å². The molecule has 0 bridgehead atoms. The van der Waals surface area contributed by atoms with Crippen molar-refractivity contribution in [3.63, 3.8) is 0 Å². The summed E-state index contributed by atoms with van der Waals surface area (Å²) in [5, 5.41) is 0. The third-order valence-electron chi connectivity index (χ3n) is 5.24. The fraction of sp³-hybridized carbons (Fsp3) is 0.160. The van der Waals surface area contributed by atoms with Gasteiger partial charge in [-0.15, -0.1) is 0 Å². The number of carbonyl (C=O) groups is 2. The molecule has 3 aromatic carbocycles. The van der Waals surface area contributed by atoms with E-state index < -0.39 is 0 Å². The number of nitrogens with zero attached hydrogens (tertiary/aromatic N) is 2. The molecule has 0 spiro atoms. The highest BCUT2D eigenvalue weighted by Gasteiger charge is 2.15. The van der Waals surface area contributed by atoms with Gasteiger partial charge in [-0.3, -0.25) is 18.7 Å². The molecule has 0 aliphatic rings. The number of fused-ring (bicyclic) bond motifs is 1. The Bertz CT molecular complexity index is 1140. The first-order valence-corrected chi connectivity index (χ1v) is 10.00. The van der Waals surface area contributed by atoms with Gasteiger partial charge in [0, 0.05) is 37.1 Å². The van der Waals surface area contributed by atoms with Crippen molar-refractivity contribution in [2.45, 2.75) is 25.9 Å². The van der Waals surface area contributed by atoms with Crippen molar-refractivity contribution < 1.29 is 9.59 Å². The second-order valence-corrected chi connectivity index (χ2v) is 7.15. The topological polar surface area (TPSA) is 61.1 Å². The Hall–Kier alpha value is -3.73. The van der Waals surface area contributed by atoms with Crippen LogP contribution in [0.2, 0.25) is 0 Å². The molecule has 1 heterocycles. The monoisotopic (exact) mass is 398 g/mol. The fourth-order valence-electron chi connectivity index (χ4n) is 3.67. The average Bonchev–Trinajstić information content (AvgIpc) is 3.07. The number of rotatable bonds is 8. The standard InChI is InChI=1S/C25H22N2O3/c28-23(19-9-3-1-4-10-19)15-17-26-21-13-7-8-14-22(21)27(25(26)30)18-16-24(29)20-11-5-2-6-12-20/h1-14H,15-18H2. The lowest BCUT2D eigenvalue weighted by Crippen LogP contribution is -2.26. The number of Topliss-reactive ketones (excluding diaryl/α,β-unsaturated/α-hetero) is 2. The quantitative estimate of drug-likeness (QED) is 0.415. The molecule has 5 heteroatoms. The van der Waals surface area contributed by atoms with Gasteiger partial charge in [-0.2, -0.15) is 0 Å². The molecule has 0 N–H and O–H groups in total. The van der Waals surface area contributed by atoms with E-state index in [0.29, 0.717) is 24.2 Å². The van der Waals surface area contributed by atoms with E-state index in [9.17, 15) is 14.4 Å². The molecule has 4 aromatic rings. The lowest BCUT2D eigenvalue weighted by atomic mass is 10.1. The summed E-state index contributed by atoms with van der Waals surface area (Å²) in [6.45, 7) is 0.597. The summed E-state index contributed by atoms with van der Waals surface area (Å²) < 4.78 is 3.26. The van der Waals surface area contributed by atoms with Gasteiger partial charge in [0.25, 0.3) is 0 Å². The molecule has 1 aromatic heterocycles. The summed E-state index contributed by atoms with van der Waals surface area (Å²) in [6, 6.07) is 25.7. The van der Waals surface area contributed by atoms with Crippen LogP contribution in [0.1, 0.15) is 33.6 Å². The van der Waals surface area contributed by atoms with E-state index in [1.54, 1.807) is 33.4 Å². The third-order valence-corrected chi connectivity index (χ3v) is 5.24. The molecule has 0 radical (unpaired) electrons. The highest BCUT2D eigenvalue weighted by Crippen LogP contribution is 2.15. The van der Waals surface area contributed by atoms with Crippen LogP contribution in [0, 0.1) is 0 Å². The smallest absolute Gasteiger partial charge is 0.294 e. The minimum absolute atomic E-state index is 0.00131. The Morgan fingerprint density at radius 2 is 0.933 bits per heavy atom. The molecule has 0 saturated heterocycles. The number of aromatic nitrogens is 2. The van der Waals surface area contributed by atoms with Gasteiger partial charge < -0.3 is 0 Å². The lowest BCUT2D eigenvalue weighted by Gasteiger charge is -2.04. The van der Waals surface area contributed by atoms with E-state index in [0.717, 1.165) is 11.0 Å². The zero-order valence-corrected chi connectivity index (χ0v) is 16.5. The zero-order valence-electron chi connectivity index (χ0n) is 16.5. The first kappa shape index (κ1) is 19.6.